The van der Waals surface area contributed by atoms with Crippen LogP contribution in [0.15, 0.2) is 0 Å². The number of rotatable bonds is 6. The van der Waals surface area contributed by atoms with Gasteiger partial charge in [0.05, 0.1) is 0 Å². The molecular weight excluding hydrogens is 272 g/mol. The molecule has 1 aliphatic rings. The number of aryl methyl sites for hydroxylation is 1. The first-order valence-electron chi connectivity index (χ1n) is 7.62. The highest BCUT2D eigenvalue weighted by atomic mass is 35.5. The predicted octanol–water partition coefficient (Wildman–Crippen LogP) is 3.29. The molecular formula is C15H25ClN4. The van der Waals surface area contributed by atoms with Crippen LogP contribution in [0, 0.1) is 6.92 Å². The van der Waals surface area contributed by atoms with E-state index in [1.165, 1.54) is 25.9 Å². The van der Waals surface area contributed by atoms with E-state index in [1.54, 1.807) is 0 Å². The number of likely N-dealkylation sites (tertiary alicyclic amines) is 1. The third-order valence-corrected chi connectivity index (χ3v) is 4.09. The van der Waals surface area contributed by atoms with Crippen molar-refractivity contribution in [3.05, 3.63) is 16.5 Å². The number of hydrogen-bond donors (Lipinski definition) is 1. The zero-order valence-electron chi connectivity index (χ0n) is 12.7. The normalized spacial score (nSPS) is 17.4. The molecule has 1 unspecified atom stereocenters. The summed E-state index contributed by atoms with van der Waals surface area (Å²) in [6, 6.07) is 0.368. The van der Waals surface area contributed by atoms with Crippen molar-refractivity contribution in [1.29, 1.82) is 0 Å². The van der Waals surface area contributed by atoms with Crippen LogP contribution in [-0.4, -0.2) is 40.5 Å². The van der Waals surface area contributed by atoms with Gasteiger partial charge in [0.15, 0.2) is 0 Å². The Hall–Kier alpha value is -0.870. The summed E-state index contributed by atoms with van der Waals surface area (Å²) >= 11 is 6.21. The summed E-state index contributed by atoms with van der Waals surface area (Å²) in [4.78, 5) is 11.5. The highest BCUT2D eigenvalue weighted by Crippen LogP contribution is 2.21. The van der Waals surface area contributed by atoms with Gasteiger partial charge in [0.25, 0.3) is 0 Å². The van der Waals surface area contributed by atoms with Crippen molar-refractivity contribution in [3.8, 4) is 0 Å². The van der Waals surface area contributed by atoms with Gasteiger partial charge >= 0.3 is 0 Å². The number of nitrogens with one attached hydrogen (secondary N) is 1. The molecule has 20 heavy (non-hydrogen) atoms. The Labute approximate surface area is 126 Å². The quantitative estimate of drug-likeness (QED) is 0.818. The van der Waals surface area contributed by atoms with E-state index in [4.69, 9.17) is 11.6 Å². The molecule has 1 fully saturated rings. The average molecular weight is 297 g/mol. The Bertz CT molecular complexity index is 444. The first-order valence-corrected chi connectivity index (χ1v) is 7.99. The largest absolute Gasteiger partial charge is 0.366 e. The van der Waals surface area contributed by atoms with Crippen molar-refractivity contribution in [3.63, 3.8) is 0 Å². The molecule has 0 amide bonds. The SMILES string of the molecule is CCCc1nc(Cl)c(C)c(NC(C)CN2CCCC2)n1. The van der Waals surface area contributed by atoms with Crippen LogP contribution in [0.1, 0.15) is 44.5 Å². The third kappa shape index (κ3) is 4.06. The molecule has 0 aliphatic carbocycles. The number of halogens is 1. The zero-order chi connectivity index (χ0) is 14.5. The van der Waals surface area contributed by atoms with Crippen LogP contribution in [0.4, 0.5) is 5.82 Å². The highest BCUT2D eigenvalue weighted by Gasteiger charge is 2.16. The Morgan fingerprint density at radius 3 is 2.65 bits per heavy atom. The molecule has 5 heteroatoms. The second-order valence-electron chi connectivity index (χ2n) is 5.71. The summed E-state index contributed by atoms with van der Waals surface area (Å²) in [7, 11) is 0. The van der Waals surface area contributed by atoms with Crippen LogP contribution in [-0.2, 0) is 6.42 Å². The lowest BCUT2D eigenvalue weighted by molar-refractivity contribution is 0.327. The monoisotopic (exact) mass is 296 g/mol. The van der Waals surface area contributed by atoms with Crippen LogP contribution in [0.25, 0.3) is 0 Å². The number of nitrogens with zero attached hydrogens (tertiary/aromatic N) is 3. The summed E-state index contributed by atoms with van der Waals surface area (Å²) in [6.07, 6.45) is 4.55. The topological polar surface area (TPSA) is 41.1 Å². The minimum Gasteiger partial charge on any atom is -0.366 e. The maximum Gasteiger partial charge on any atom is 0.137 e. The zero-order valence-corrected chi connectivity index (χ0v) is 13.5. The van der Waals surface area contributed by atoms with E-state index in [9.17, 15) is 0 Å². The van der Waals surface area contributed by atoms with Gasteiger partial charge in [-0.2, -0.15) is 0 Å². The lowest BCUT2D eigenvalue weighted by atomic mass is 10.2. The van der Waals surface area contributed by atoms with Crippen LogP contribution in [0.5, 0.6) is 0 Å². The first-order chi connectivity index (χ1) is 9.60. The minimum atomic E-state index is 0.368. The van der Waals surface area contributed by atoms with Gasteiger partial charge in [0.1, 0.15) is 16.8 Å². The molecule has 1 aromatic rings. The van der Waals surface area contributed by atoms with Gasteiger partial charge in [0.2, 0.25) is 0 Å². The van der Waals surface area contributed by atoms with E-state index in [0.29, 0.717) is 11.2 Å². The Kier molecular flexibility index (Phi) is 5.61. The van der Waals surface area contributed by atoms with E-state index in [2.05, 4.69) is 34.0 Å². The molecule has 1 N–H and O–H groups in total. The molecule has 2 heterocycles. The maximum atomic E-state index is 6.21. The molecule has 1 saturated heterocycles. The molecule has 0 spiro atoms. The Morgan fingerprint density at radius 2 is 2.00 bits per heavy atom. The van der Waals surface area contributed by atoms with Crippen molar-refractivity contribution in [2.75, 3.05) is 25.0 Å². The van der Waals surface area contributed by atoms with Crippen molar-refractivity contribution in [2.45, 2.75) is 52.5 Å². The van der Waals surface area contributed by atoms with Gasteiger partial charge in [-0.1, -0.05) is 18.5 Å². The molecule has 0 aromatic carbocycles. The van der Waals surface area contributed by atoms with Gasteiger partial charge in [-0.15, -0.1) is 0 Å². The summed E-state index contributed by atoms with van der Waals surface area (Å²) in [5.41, 5.74) is 0.944. The fourth-order valence-corrected chi connectivity index (χ4v) is 2.83. The van der Waals surface area contributed by atoms with E-state index < -0.39 is 0 Å². The summed E-state index contributed by atoms with van der Waals surface area (Å²) in [5.74, 6) is 1.72. The molecule has 2 rings (SSSR count). The molecule has 1 aliphatic heterocycles. The van der Waals surface area contributed by atoms with E-state index >= 15 is 0 Å². The van der Waals surface area contributed by atoms with Gasteiger partial charge in [-0.05, 0) is 46.2 Å². The molecule has 112 valence electrons. The van der Waals surface area contributed by atoms with Crippen LogP contribution >= 0.6 is 11.6 Å². The van der Waals surface area contributed by atoms with Crippen LogP contribution < -0.4 is 5.32 Å². The summed E-state index contributed by atoms with van der Waals surface area (Å²) < 4.78 is 0. The fourth-order valence-electron chi connectivity index (χ4n) is 2.64. The van der Waals surface area contributed by atoms with Crippen molar-refractivity contribution < 1.29 is 0 Å². The third-order valence-electron chi connectivity index (χ3n) is 3.72. The number of anilines is 1. The maximum absolute atomic E-state index is 6.21. The Balaban J connectivity index is 2.02. The van der Waals surface area contributed by atoms with Gasteiger partial charge in [0, 0.05) is 24.6 Å². The first kappa shape index (κ1) is 15.5. The van der Waals surface area contributed by atoms with Crippen molar-refractivity contribution in [1.82, 2.24) is 14.9 Å². The molecule has 1 aromatic heterocycles. The standard InChI is InChI=1S/C15H25ClN4/c1-4-7-13-18-14(16)12(3)15(19-13)17-11(2)10-20-8-5-6-9-20/h11H,4-10H2,1-3H3,(H,17,18,19). The van der Waals surface area contributed by atoms with E-state index in [1.807, 2.05) is 6.92 Å². The molecule has 1 atom stereocenters. The molecule has 0 saturated carbocycles. The second-order valence-corrected chi connectivity index (χ2v) is 6.07. The van der Waals surface area contributed by atoms with Gasteiger partial charge in [-0.25, -0.2) is 9.97 Å². The molecule has 0 radical (unpaired) electrons. The number of aromatic nitrogens is 2. The van der Waals surface area contributed by atoms with Crippen molar-refractivity contribution in [2.24, 2.45) is 0 Å². The van der Waals surface area contributed by atoms with Gasteiger partial charge in [-0.3, -0.25) is 0 Å². The smallest absolute Gasteiger partial charge is 0.137 e. The van der Waals surface area contributed by atoms with Crippen LogP contribution in [0.2, 0.25) is 5.15 Å². The predicted molar refractivity (Wildman–Crippen MR) is 84.5 cm³/mol. The lowest BCUT2D eigenvalue weighted by Gasteiger charge is -2.22. The highest BCUT2D eigenvalue weighted by molar-refractivity contribution is 6.30. The molecule has 0 bridgehead atoms. The van der Waals surface area contributed by atoms with E-state index in [0.717, 1.165) is 36.6 Å². The van der Waals surface area contributed by atoms with E-state index in [-0.39, 0.29) is 0 Å². The summed E-state index contributed by atoms with van der Waals surface area (Å²) in [5, 5.41) is 4.07. The minimum absolute atomic E-state index is 0.368. The van der Waals surface area contributed by atoms with Gasteiger partial charge < -0.3 is 10.2 Å². The van der Waals surface area contributed by atoms with Crippen LogP contribution in [0.3, 0.4) is 0 Å². The lowest BCUT2D eigenvalue weighted by Crippen LogP contribution is -2.33. The average Bonchev–Trinajstić information content (AvgIpc) is 2.88. The fraction of sp³-hybridized carbons (Fsp3) is 0.733. The Morgan fingerprint density at radius 1 is 1.30 bits per heavy atom. The molecule has 4 nitrogen and oxygen atoms in total. The summed E-state index contributed by atoms with van der Waals surface area (Å²) in [6.45, 7) is 9.80. The van der Waals surface area contributed by atoms with Crippen molar-refractivity contribution >= 4 is 17.4 Å². The second kappa shape index (κ2) is 7.23. The number of hydrogen-bond acceptors (Lipinski definition) is 4.